The summed E-state index contributed by atoms with van der Waals surface area (Å²) in [6.45, 7) is 2.03. The summed E-state index contributed by atoms with van der Waals surface area (Å²) in [5.41, 5.74) is 3.07. The van der Waals surface area contributed by atoms with Crippen LogP contribution in [0, 0.1) is 6.92 Å². The molecule has 9 heteroatoms. The van der Waals surface area contributed by atoms with Crippen molar-refractivity contribution in [3.05, 3.63) is 96.0 Å². The van der Waals surface area contributed by atoms with Crippen LogP contribution in [0.3, 0.4) is 0 Å². The third-order valence-corrected chi connectivity index (χ3v) is 5.10. The summed E-state index contributed by atoms with van der Waals surface area (Å²) in [6.07, 6.45) is 1.60. The van der Waals surface area contributed by atoms with Gasteiger partial charge in [0.25, 0.3) is 11.8 Å². The van der Waals surface area contributed by atoms with Crippen LogP contribution in [0.2, 0.25) is 0 Å². The smallest absolute Gasteiger partial charge is 0.340 e. The van der Waals surface area contributed by atoms with Gasteiger partial charge in [-0.2, -0.15) is 0 Å². The lowest BCUT2D eigenvalue weighted by Crippen LogP contribution is -2.10. The van der Waals surface area contributed by atoms with Gasteiger partial charge in [0, 0.05) is 11.3 Å². The van der Waals surface area contributed by atoms with Gasteiger partial charge in [0.05, 0.1) is 18.4 Å². The van der Waals surface area contributed by atoms with Gasteiger partial charge in [0.1, 0.15) is 22.8 Å². The van der Waals surface area contributed by atoms with E-state index < -0.39 is 5.97 Å². The SMILES string of the molecule is Cc1onc(-c2ccccc2)c1-c1nnc(COC(=O)c2ccccc2NCc2ccco2)o1. The molecule has 0 fully saturated rings. The van der Waals surface area contributed by atoms with Crippen molar-refractivity contribution in [1.29, 1.82) is 0 Å². The molecule has 0 saturated heterocycles. The zero-order valence-electron chi connectivity index (χ0n) is 18.2. The maximum Gasteiger partial charge on any atom is 0.340 e. The minimum Gasteiger partial charge on any atom is -0.467 e. The van der Waals surface area contributed by atoms with Crippen molar-refractivity contribution in [3.63, 3.8) is 0 Å². The first-order valence-electron chi connectivity index (χ1n) is 10.6. The summed E-state index contributed by atoms with van der Waals surface area (Å²) >= 11 is 0. The average molecular weight is 456 g/mol. The van der Waals surface area contributed by atoms with E-state index in [0.717, 1.165) is 11.3 Å². The molecule has 3 aromatic heterocycles. The van der Waals surface area contributed by atoms with Crippen LogP contribution in [0.4, 0.5) is 5.69 Å². The quantitative estimate of drug-likeness (QED) is 0.312. The standard InChI is InChI=1S/C25H20N4O5/c1-16-22(23(29-34-16)17-8-3-2-4-9-17)24-28-27-21(33-24)15-32-25(30)19-11-5-6-12-20(19)26-14-18-10-7-13-31-18/h2-13,26H,14-15H2,1H3. The summed E-state index contributed by atoms with van der Waals surface area (Å²) in [6, 6.07) is 20.3. The van der Waals surface area contributed by atoms with Crippen molar-refractivity contribution in [3.8, 4) is 22.7 Å². The van der Waals surface area contributed by atoms with Crippen molar-refractivity contribution in [2.75, 3.05) is 5.32 Å². The van der Waals surface area contributed by atoms with Crippen LogP contribution >= 0.6 is 0 Å². The maximum absolute atomic E-state index is 12.7. The number of anilines is 1. The van der Waals surface area contributed by atoms with E-state index in [1.807, 2.05) is 42.5 Å². The molecule has 5 rings (SSSR count). The number of hydrogen-bond acceptors (Lipinski definition) is 9. The van der Waals surface area contributed by atoms with Gasteiger partial charge >= 0.3 is 5.97 Å². The van der Waals surface area contributed by atoms with Gasteiger partial charge in [-0.15, -0.1) is 10.2 Å². The lowest BCUT2D eigenvalue weighted by Gasteiger charge is -2.10. The zero-order chi connectivity index (χ0) is 23.3. The van der Waals surface area contributed by atoms with Gasteiger partial charge in [-0.05, 0) is 31.2 Å². The van der Waals surface area contributed by atoms with E-state index in [4.69, 9.17) is 18.1 Å². The Morgan fingerprint density at radius 3 is 2.65 bits per heavy atom. The van der Waals surface area contributed by atoms with E-state index in [-0.39, 0.29) is 18.4 Å². The van der Waals surface area contributed by atoms with Crippen LogP contribution in [0.5, 0.6) is 0 Å². The van der Waals surface area contributed by atoms with Crippen molar-refractivity contribution < 1.29 is 22.9 Å². The molecule has 0 atom stereocenters. The number of aryl methyl sites for hydroxylation is 1. The Labute approximate surface area is 194 Å². The number of para-hydroxylation sites is 1. The largest absolute Gasteiger partial charge is 0.467 e. The zero-order valence-corrected chi connectivity index (χ0v) is 18.2. The molecular formula is C25H20N4O5. The molecule has 0 aliphatic rings. The number of nitrogens with zero attached hydrogens (tertiary/aromatic N) is 3. The monoisotopic (exact) mass is 456 g/mol. The summed E-state index contributed by atoms with van der Waals surface area (Å²) in [7, 11) is 0. The molecule has 170 valence electrons. The second kappa shape index (κ2) is 9.45. The van der Waals surface area contributed by atoms with Crippen LogP contribution in [0.1, 0.15) is 27.8 Å². The highest BCUT2D eigenvalue weighted by molar-refractivity contribution is 5.95. The average Bonchev–Trinajstić information content (AvgIpc) is 3.63. The molecule has 0 aliphatic heterocycles. The molecule has 34 heavy (non-hydrogen) atoms. The number of benzene rings is 2. The summed E-state index contributed by atoms with van der Waals surface area (Å²) in [4.78, 5) is 12.7. The molecule has 0 aliphatic carbocycles. The first-order chi connectivity index (χ1) is 16.7. The van der Waals surface area contributed by atoms with Crippen LogP contribution in [-0.4, -0.2) is 21.3 Å². The van der Waals surface area contributed by atoms with E-state index in [1.165, 1.54) is 0 Å². The van der Waals surface area contributed by atoms with Crippen LogP contribution in [0.15, 0.2) is 86.4 Å². The predicted molar refractivity (Wildman–Crippen MR) is 122 cm³/mol. The van der Waals surface area contributed by atoms with Gasteiger partial charge < -0.3 is 23.4 Å². The second-order valence-electron chi connectivity index (χ2n) is 7.38. The molecule has 0 radical (unpaired) electrons. The van der Waals surface area contributed by atoms with Crippen LogP contribution < -0.4 is 5.32 Å². The number of furan rings is 1. The Morgan fingerprint density at radius 1 is 1.00 bits per heavy atom. The molecule has 3 heterocycles. The van der Waals surface area contributed by atoms with E-state index in [0.29, 0.717) is 34.8 Å². The minimum absolute atomic E-state index is 0.156. The Bertz CT molecular complexity index is 1390. The molecule has 5 aromatic rings. The van der Waals surface area contributed by atoms with Gasteiger partial charge in [-0.1, -0.05) is 47.6 Å². The number of esters is 1. The Kier molecular flexibility index (Phi) is 5.89. The molecule has 0 saturated carbocycles. The molecule has 9 nitrogen and oxygen atoms in total. The number of aromatic nitrogens is 3. The van der Waals surface area contributed by atoms with Gasteiger partial charge in [0.2, 0.25) is 0 Å². The van der Waals surface area contributed by atoms with Crippen molar-refractivity contribution in [1.82, 2.24) is 15.4 Å². The first kappa shape index (κ1) is 21.2. The third-order valence-electron chi connectivity index (χ3n) is 5.10. The molecular weight excluding hydrogens is 436 g/mol. The third kappa shape index (κ3) is 4.44. The maximum atomic E-state index is 12.7. The fourth-order valence-electron chi connectivity index (χ4n) is 3.45. The van der Waals surface area contributed by atoms with Gasteiger partial charge in [0.15, 0.2) is 6.61 Å². The number of carbonyl (C=O) groups excluding carboxylic acids is 1. The molecule has 0 unspecified atom stereocenters. The summed E-state index contributed by atoms with van der Waals surface area (Å²) in [5.74, 6) is 1.17. The van der Waals surface area contributed by atoms with Gasteiger partial charge in [-0.25, -0.2) is 4.79 Å². The molecule has 0 amide bonds. The lowest BCUT2D eigenvalue weighted by molar-refractivity contribution is 0.0439. The van der Waals surface area contributed by atoms with Crippen LogP contribution in [-0.2, 0) is 17.9 Å². The highest BCUT2D eigenvalue weighted by Crippen LogP contribution is 2.33. The summed E-state index contributed by atoms with van der Waals surface area (Å²) in [5, 5.41) is 15.4. The Hall–Kier alpha value is -4.66. The number of hydrogen-bond donors (Lipinski definition) is 1. The topological polar surface area (TPSA) is 116 Å². The number of ether oxygens (including phenoxy) is 1. The number of rotatable bonds is 8. The lowest BCUT2D eigenvalue weighted by atomic mass is 10.1. The van der Waals surface area contributed by atoms with Crippen molar-refractivity contribution in [2.45, 2.75) is 20.1 Å². The Morgan fingerprint density at radius 2 is 1.82 bits per heavy atom. The van der Waals surface area contributed by atoms with E-state index in [9.17, 15) is 4.79 Å². The molecule has 0 bridgehead atoms. The highest BCUT2D eigenvalue weighted by Gasteiger charge is 2.22. The van der Waals surface area contributed by atoms with Gasteiger partial charge in [-0.3, -0.25) is 0 Å². The molecule has 0 spiro atoms. The normalized spacial score (nSPS) is 10.9. The molecule has 1 N–H and O–H groups in total. The summed E-state index contributed by atoms with van der Waals surface area (Å²) < 4.78 is 21.9. The fraction of sp³-hybridized carbons (Fsp3) is 0.120. The van der Waals surface area contributed by atoms with Crippen LogP contribution in [0.25, 0.3) is 22.7 Å². The number of carbonyl (C=O) groups is 1. The first-order valence-corrected chi connectivity index (χ1v) is 10.6. The fourth-order valence-corrected chi connectivity index (χ4v) is 3.45. The van der Waals surface area contributed by atoms with Crippen molar-refractivity contribution >= 4 is 11.7 Å². The van der Waals surface area contributed by atoms with E-state index in [1.54, 1.807) is 37.5 Å². The minimum atomic E-state index is -0.520. The number of nitrogens with one attached hydrogen (secondary N) is 1. The van der Waals surface area contributed by atoms with Crippen molar-refractivity contribution in [2.24, 2.45) is 0 Å². The second-order valence-corrected chi connectivity index (χ2v) is 7.38. The van der Waals surface area contributed by atoms with E-state index >= 15 is 0 Å². The Balaban J connectivity index is 1.28. The van der Waals surface area contributed by atoms with E-state index in [2.05, 4.69) is 20.7 Å². The predicted octanol–water partition coefficient (Wildman–Crippen LogP) is 5.26. The highest BCUT2D eigenvalue weighted by atomic mass is 16.5. The molecule has 2 aromatic carbocycles.